The Bertz CT molecular complexity index is 324. The van der Waals surface area contributed by atoms with Gasteiger partial charge in [0.15, 0.2) is 5.78 Å². The van der Waals surface area contributed by atoms with Crippen LogP contribution in [0.4, 0.5) is 0 Å². The van der Waals surface area contributed by atoms with Gasteiger partial charge in [-0.05, 0) is 48.5 Å². The van der Waals surface area contributed by atoms with Gasteiger partial charge in [-0.15, -0.1) is 0 Å². The summed E-state index contributed by atoms with van der Waals surface area (Å²) in [6.45, 7) is 9.12. The van der Waals surface area contributed by atoms with Crippen molar-refractivity contribution in [1.29, 1.82) is 0 Å². The fraction of sp³-hybridized carbons (Fsp3) is 0.800. The Morgan fingerprint density at radius 3 is 2.38 bits per heavy atom. The maximum absolute atomic E-state index is 12.0. The molecule has 3 atom stereocenters. The largest absolute Gasteiger partial charge is 0.295 e. The summed E-state index contributed by atoms with van der Waals surface area (Å²) < 4.78 is 0. The predicted molar refractivity (Wildman–Crippen MR) is 67.2 cm³/mol. The van der Waals surface area contributed by atoms with E-state index in [1.54, 1.807) is 0 Å². The summed E-state index contributed by atoms with van der Waals surface area (Å²) in [4.78, 5) is 12.0. The first-order valence-corrected chi connectivity index (χ1v) is 6.76. The van der Waals surface area contributed by atoms with Crippen LogP contribution in [0.5, 0.6) is 0 Å². The molecule has 2 rings (SSSR count). The van der Waals surface area contributed by atoms with E-state index in [0.29, 0.717) is 17.6 Å². The Morgan fingerprint density at radius 1 is 1.06 bits per heavy atom. The molecule has 0 saturated carbocycles. The zero-order valence-electron chi connectivity index (χ0n) is 11.0. The molecule has 1 nitrogen and oxygen atoms in total. The van der Waals surface area contributed by atoms with Gasteiger partial charge in [-0.1, -0.05) is 33.3 Å². The van der Waals surface area contributed by atoms with Gasteiger partial charge < -0.3 is 0 Å². The molecule has 0 fully saturated rings. The minimum Gasteiger partial charge on any atom is -0.295 e. The molecule has 0 heterocycles. The molecule has 2 aliphatic carbocycles. The van der Waals surface area contributed by atoms with E-state index in [0.717, 1.165) is 18.3 Å². The zero-order chi connectivity index (χ0) is 11.9. The quantitative estimate of drug-likeness (QED) is 0.653. The molecule has 1 heteroatoms. The van der Waals surface area contributed by atoms with Gasteiger partial charge in [-0.2, -0.15) is 0 Å². The lowest BCUT2D eigenvalue weighted by Gasteiger charge is -2.21. The van der Waals surface area contributed by atoms with Crippen LogP contribution < -0.4 is 0 Å². The van der Waals surface area contributed by atoms with Gasteiger partial charge in [0, 0.05) is 6.42 Å². The van der Waals surface area contributed by atoms with E-state index in [1.807, 2.05) is 0 Å². The van der Waals surface area contributed by atoms with Gasteiger partial charge in [-0.25, -0.2) is 0 Å². The summed E-state index contributed by atoms with van der Waals surface area (Å²) in [6.07, 6.45) is 4.47. The molecule has 0 aromatic carbocycles. The second-order valence-electron chi connectivity index (χ2n) is 6.15. The van der Waals surface area contributed by atoms with Crippen LogP contribution in [-0.4, -0.2) is 5.78 Å². The Kier molecular flexibility index (Phi) is 3.23. The molecule has 0 spiro atoms. The minimum atomic E-state index is 0.444. The lowest BCUT2D eigenvalue weighted by Crippen LogP contribution is -2.11. The highest BCUT2D eigenvalue weighted by atomic mass is 16.1. The lowest BCUT2D eigenvalue weighted by atomic mass is 9.84. The second kappa shape index (κ2) is 4.35. The highest BCUT2D eigenvalue weighted by molar-refractivity contribution is 5.99. The van der Waals surface area contributed by atoms with Crippen molar-refractivity contribution in [3.8, 4) is 0 Å². The third-order valence-corrected chi connectivity index (χ3v) is 4.62. The smallest absolute Gasteiger partial charge is 0.159 e. The minimum absolute atomic E-state index is 0.444. The SMILES string of the molecule is CC(C)[C@@H]1CC[C@H](C)C2=C(C1)[C@@H](C)CC2=O. The molecule has 0 aliphatic heterocycles. The molecular weight excluding hydrogens is 196 g/mol. The maximum atomic E-state index is 12.0. The van der Waals surface area contributed by atoms with E-state index in [2.05, 4.69) is 27.7 Å². The average Bonchev–Trinajstić information content (AvgIpc) is 2.39. The summed E-state index contributed by atoms with van der Waals surface area (Å²) in [5.74, 6) is 3.02. The number of allylic oxidation sites excluding steroid dienone is 2. The van der Waals surface area contributed by atoms with Crippen LogP contribution in [0.15, 0.2) is 11.1 Å². The molecule has 0 N–H and O–H groups in total. The van der Waals surface area contributed by atoms with E-state index in [9.17, 15) is 4.79 Å². The van der Waals surface area contributed by atoms with Crippen LogP contribution in [0.3, 0.4) is 0 Å². The third kappa shape index (κ3) is 1.97. The Labute approximate surface area is 99.3 Å². The van der Waals surface area contributed by atoms with Crippen LogP contribution in [0, 0.1) is 23.7 Å². The molecule has 0 bridgehead atoms. The maximum Gasteiger partial charge on any atom is 0.159 e. The Morgan fingerprint density at radius 2 is 1.75 bits per heavy atom. The summed E-state index contributed by atoms with van der Waals surface area (Å²) in [7, 11) is 0. The van der Waals surface area contributed by atoms with E-state index >= 15 is 0 Å². The molecule has 0 saturated heterocycles. The highest BCUT2D eigenvalue weighted by Gasteiger charge is 2.35. The van der Waals surface area contributed by atoms with Crippen molar-refractivity contribution in [3.63, 3.8) is 0 Å². The van der Waals surface area contributed by atoms with Gasteiger partial charge >= 0.3 is 0 Å². The highest BCUT2D eigenvalue weighted by Crippen LogP contribution is 2.43. The van der Waals surface area contributed by atoms with Gasteiger partial charge in [0.1, 0.15) is 0 Å². The summed E-state index contributed by atoms with van der Waals surface area (Å²) >= 11 is 0. The van der Waals surface area contributed by atoms with E-state index < -0.39 is 0 Å². The number of hydrogen-bond acceptors (Lipinski definition) is 1. The normalized spacial score (nSPS) is 35.6. The van der Waals surface area contributed by atoms with Crippen LogP contribution in [-0.2, 0) is 4.79 Å². The van der Waals surface area contributed by atoms with Crippen molar-refractivity contribution < 1.29 is 4.79 Å². The number of carbonyl (C=O) groups is 1. The van der Waals surface area contributed by atoms with Crippen LogP contribution in [0.1, 0.15) is 53.4 Å². The average molecular weight is 220 g/mol. The molecule has 0 aromatic heterocycles. The molecule has 0 amide bonds. The standard InChI is InChI=1S/C15H24O/c1-9(2)12-6-5-10(3)15-13(8-12)11(4)7-14(15)16/h9-12H,5-8H2,1-4H3/t10-,11-,12+/m0/s1. The molecule has 0 radical (unpaired) electrons. The number of carbonyl (C=O) groups excluding carboxylic acids is 1. The number of hydrogen-bond donors (Lipinski definition) is 0. The van der Waals surface area contributed by atoms with Crippen molar-refractivity contribution >= 4 is 5.78 Å². The molecule has 0 aromatic rings. The predicted octanol–water partition coefficient (Wildman–Crippen LogP) is 3.98. The monoisotopic (exact) mass is 220 g/mol. The van der Waals surface area contributed by atoms with Crippen molar-refractivity contribution in [3.05, 3.63) is 11.1 Å². The van der Waals surface area contributed by atoms with Crippen molar-refractivity contribution in [1.82, 2.24) is 0 Å². The molecule has 2 aliphatic rings. The first-order valence-electron chi connectivity index (χ1n) is 6.76. The zero-order valence-corrected chi connectivity index (χ0v) is 11.0. The van der Waals surface area contributed by atoms with Crippen molar-refractivity contribution in [2.45, 2.75) is 53.4 Å². The van der Waals surface area contributed by atoms with Gasteiger partial charge in [0.05, 0.1) is 0 Å². The van der Waals surface area contributed by atoms with E-state index in [4.69, 9.17) is 0 Å². The first-order chi connectivity index (χ1) is 7.50. The van der Waals surface area contributed by atoms with Crippen molar-refractivity contribution in [2.24, 2.45) is 23.7 Å². The van der Waals surface area contributed by atoms with Gasteiger partial charge in [0.2, 0.25) is 0 Å². The fourth-order valence-electron chi connectivity index (χ4n) is 3.42. The van der Waals surface area contributed by atoms with Gasteiger partial charge in [0.25, 0.3) is 0 Å². The Hall–Kier alpha value is -0.590. The number of Topliss-reactive ketones (excluding diaryl/α,β-unsaturated/α-hetero) is 1. The molecule has 0 unspecified atom stereocenters. The third-order valence-electron chi connectivity index (χ3n) is 4.62. The fourth-order valence-corrected chi connectivity index (χ4v) is 3.42. The molecule has 16 heavy (non-hydrogen) atoms. The number of ketones is 1. The summed E-state index contributed by atoms with van der Waals surface area (Å²) in [6, 6.07) is 0. The topological polar surface area (TPSA) is 17.1 Å². The molecule has 90 valence electrons. The summed E-state index contributed by atoms with van der Waals surface area (Å²) in [5, 5.41) is 0. The van der Waals surface area contributed by atoms with E-state index in [-0.39, 0.29) is 0 Å². The Balaban J connectivity index is 2.30. The lowest BCUT2D eigenvalue weighted by molar-refractivity contribution is -0.115. The first kappa shape index (κ1) is 11.9. The van der Waals surface area contributed by atoms with Crippen LogP contribution in [0.2, 0.25) is 0 Å². The second-order valence-corrected chi connectivity index (χ2v) is 6.15. The number of rotatable bonds is 1. The van der Waals surface area contributed by atoms with Crippen LogP contribution in [0.25, 0.3) is 0 Å². The van der Waals surface area contributed by atoms with Crippen molar-refractivity contribution in [2.75, 3.05) is 0 Å². The van der Waals surface area contributed by atoms with Gasteiger partial charge in [-0.3, -0.25) is 4.79 Å². The van der Waals surface area contributed by atoms with E-state index in [1.165, 1.54) is 30.4 Å². The summed E-state index contributed by atoms with van der Waals surface area (Å²) in [5.41, 5.74) is 2.73. The van der Waals surface area contributed by atoms with Crippen LogP contribution >= 0.6 is 0 Å². The molecular formula is C15H24O.